The molecule has 0 spiro atoms. The highest BCUT2D eigenvalue weighted by molar-refractivity contribution is 6.59. The Morgan fingerprint density at radius 3 is 2.47 bits per heavy atom. The van der Waals surface area contributed by atoms with E-state index in [-0.39, 0.29) is 11.2 Å². The Bertz CT molecular complexity index is 517. The fraction of sp³-hybridized carbons (Fsp3) is 0. The lowest BCUT2D eigenvalue weighted by Gasteiger charge is -2.10. The summed E-state index contributed by atoms with van der Waals surface area (Å²) < 4.78 is 18.3. The van der Waals surface area contributed by atoms with Gasteiger partial charge in [0, 0.05) is 11.5 Å². The van der Waals surface area contributed by atoms with Gasteiger partial charge in [-0.3, -0.25) is 0 Å². The molecule has 2 aromatic carbocycles. The molecule has 2 rings (SSSR count). The molecule has 0 aliphatic rings. The van der Waals surface area contributed by atoms with Gasteiger partial charge in [0.15, 0.2) is 0 Å². The summed E-state index contributed by atoms with van der Waals surface area (Å²) in [5, 5.41) is 18.3. The van der Waals surface area contributed by atoms with Crippen molar-refractivity contribution in [2.75, 3.05) is 0 Å². The highest BCUT2D eigenvalue weighted by Gasteiger charge is 2.16. The fourth-order valence-corrected chi connectivity index (χ4v) is 1.44. The van der Waals surface area contributed by atoms with Crippen LogP contribution in [-0.2, 0) is 0 Å². The van der Waals surface area contributed by atoms with Gasteiger partial charge in [0.05, 0.1) is 0 Å². The Kier molecular flexibility index (Phi) is 3.42. The number of hydrogen-bond donors (Lipinski definition) is 2. The number of para-hydroxylation sites is 1. The van der Waals surface area contributed by atoms with Gasteiger partial charge in [0.2, 0.25) is 0 Å². The molecule has 0 aromatic heterocycles. The molecule has 5 heteroatoms. The second-order valence-electron chi connectivity index (χ2n) is 3.47. The summed E-state index contributed by atoms with van der Waals surface area (Å²) in [7, 11) is -1.63. The SMILES string of the molecule is OB(O)c1ccccc1Oc1cccc(F)c1. The fourth-order valence-electron chi connectivity index (χ4n) is 1.44. The largest absolute Gasteiger partial charge is 0.492 e. The van der Waals surface area contributed by atoms with Crippen LogP contribution in [0.4, 0.5) is 4.39 Å². The van der Waals surface area contributed by atoms with Gasteiger partial charge in [0.1, 0.15) is 17.3 Å². The van der Waals surface area contributed by atoms with E-state index in [0.717, 1.165) is 0 Å². The van der Waals surface area contributed by atoms with E-state index in [1.165, 1.54) is 24.3 Å². The average Bonchev–Trinajstić information content (AvgIpc) is 2.29. The Balaban J connectivity index is 2.30. The summed E-state index contributed by atoms with van der Waals surface area (Å²) in [6.45, 7) is 0. The summed E-state index contributed by atoms with van der Waals surface area (Å²) >= 11 is 0. The van der Waals surface area contributed by atoms with Gasteiger partial charge in [-0.1, -0.05) is 24.3 Å². The van der Waals surface area contributed by atoms with Crippen LogP contribution in [0.5, 0.6) is 11.5 Å². The van der Waals surface area contributed by atoms with E-state index in [9.17, 15) is 4.39 Å². The molecular formula is C12H10BFO3. The second-order valence-corrected chi connectivity index (χ2v) is 3.47. The molecule has 2 N–H and O–H groups in total. The van der Waals surface area contributed by atoms with Crippen LogP contribution in [0.15, 0.2) is 48.5 Å². The van der Waals surface area contributed by atoms with Gasteiger partial charge >= 0.3 is 7.12 Å². The van der Waals surface area contributed by atoms with Crippen LogP contribution in [0.3, 0.4) is 0 Å². The lowest BCUT2D eigenvalue weighted by atomic mass is 9.79. The molecule has 2 aromatic rings. The van der Waals surface area contributed by atoms with Crippen LogP contribution < -0.4 is 10.2 Å². The Morgan fingerprint density at radius 1 is 1.00 bits per heavy atom. The third kappa shape index (κ3) is 2.84. The molecule has 0 radical (unpaired) electrons. The first kappa shape index (κ1) is 11.6. The second kappa shape index (κ2) is 4.99. The van der Waals surface area contributed by atoms with Gasteiger partial charge in [0.25, 0.3) is 0 Å². The maximum absolute atomic E-state index is 13.0. The minimum Gasteiger partial charge on any atom is -0.458 e. The molecule has 0 unspecified atom stereocenters. The molecule has 0 heterocycles. The highest BCUT2D eigenvalue weighted by atomic mass is 19.1. The Labute approximate surface area is 98.2 Å². The van der Waals surface area contributed by atoms with E-state index in [2.05, 4.69) is 0 Å². The topological polar surface area (TPSA) is 49.7 Å². The van der Waals surface area contributed by atoms with Crippen molar-refractivity contribution in [1.29, 1.82) is 0 Å². The number of benzene rings is 2. The number of halogens is 1. The van der Waals surface area contributed by atoms with E-state index in [1.807, 2.05) is 0 Å². The van der Waals surface area contributed by atoms with Crippen molar-refractivity contribution >= 4 is 12.6 Å². The summed E-state index contributed by atoms with van der Waals surface area (Å²) in [5.74, 6) is 0.177. The normalized spacial score (nSPS) is 10.1. The summed E-state index contributed by atoms with van der Waals surface area (Å²) in [5.41, 5.74) is 0.233. The van der Waals surface area contributed by atoms with Crippen molar-refractivity contribution in [3.05, 3.63) is 54.3 Å². The molecular weight excluding hydrogens is 222 g/mol. The standard InChI is InChI=1S/C12H10BFO3/c14-9-4-3-5-10(8-9)17-12-7-2-1-6-11(12)13(15)16/h1-8,15-16H. The van der Waals surface area contributed by atoms with Gasteiger partial charge in [-0.2, -0.15) is 0 Å². The quantitative estimate of drug-likeness (QED) is 0.784. The first-order valence-corrected chi connectivity index (χ1v) is 5.05. The maximum atomic E-state index is 13.0. The molecule has 0 saturated carbocycles. The van der Waals surface area contributed by atoms with Crippen LogP contribution in [0, 0.1) is 5.82 Å². The molecule has 86 valence electrons. The van der Waals surface area contributed by atoms with Crippen molar-refractivity contribution in [2.24, 2.45) is 0 Å². The lowest BCUT2D eigenvalue weighted by molar-refractivity contribution is 0.420. The predicted molar refractivity (Wildman–Crippen MR) is 62.7 cm³/mol. The molecule has 0 fully saturated rings. The summed E-state index contributed by atoms with van der Waals surface area (Å²) in [6.07, 6.45) is 0. The van der Waals surface area contributed by atoms with E-state index < -0.39 is 12.9 Å². The first-order chi connectivity index (χ1) is 8.16. The van der Waals surface area contributed by atoms with Gasteiger partial charge in [-0.25, -0.2) is 4.39 Å². The Morgan fingerprint density at radius 2 is 1.76 bits per heavy atom. The lowest BCUT2D eigenvalue weighted by Crippen LogP contribution is -2.30. The highest BCUT2D eigenvalue weighted by Crippen LogP contribution is 2.20. The molecule has 17 heavy (non-hydrogen) atoms. The van der Waals surface area contributed by atoms with Crippen LogP contribution in [0.1, 0.15) is 0 Å². The van der Waals surface area contributed by atoms with Crippen molar-refractivity contribution in [3.8, 4) is 11.5 Å². The molecule has 0 amide bonds. The smallest absolute Gasteiger partial charge is 0.458 e. The van der Waals surface area contributed by atoms with E-state index in [1.54, 1.807) is 24.3 Å². The Hall–Kier alpha value is -1.85. The minimum atomic E-state index is -1.63. The van der Waals surface area contributed by atoms with Gasteiger partial charge in [-0.15, -0.1) is 0 Å². The van der Waals surface area contributed by atoms with Crippen LogP contribution in [-0.4, -0.2) is 17.2 Å². The predicted octanol–water partition coefficient (Wildman–Crippen LogP) is 1.30. The molecule has 0 aliphatic carbocycles. The van der Waals surface area contributed by atoms with Crippen LogP contribution in [0.2, 0.25) is 0 Å². The monoisotopic (exact) mass is 232 g/mol. The third-order valence-corrected chi connectivity index (χ3v) is 2.22. The summed E-state index contributed by atoms with van der Waals surface area (Å²) in [4.78, 5) is 0. The molecule has 0 atom stereocenters. The van der Waals surface area contributed by atoms with Gasteiger partial charge in [-0.05, 0) is 18.2 Å². The van der Waals surface area contributed by atoms with Crippen molar-refractivity contribution in [1.82, 2.24) is 0 Å². The van der Waals surface area contributed by atoms with Crippen LogP contribution in [0.25, 0.3) is 0 Å². The van der Waals surface area contributed by atoms with E-state index >= 15 is 0 Å². The van der Waals surface area contributed by atoms with Crippen molar-refractivity contribution in [3.63, 3.8) is 0 Å². The average molecular weight is 232 g/mol. The molecule has 0 bridgehead atoms. The number of ether oxygens (including phenoxy) is 1. The number of rotatable bonds is 3. The van der Waals surface area contributed by atoms with E-state index in [0.29, 0.717) is 5.75 Å². The maximum Gasteiger partial charge on any atom is 0.492 e. The van der Waals surface area contributed by atoms with Crippen molar-refractivity contribution < 1.29 is 19.2 Å². The zero-order valence-electron chi connectivity index (χ0n) is 8.88. The molecule has 3 nitrogen and oxygen atoms in total. The molecule has 0 aliphatic heterocycles. The van der Waals surface area contributed by atoms with Gasteiger partial charge < -0.3 is 14.8 Å². The third-order valence-electron chi connectivity index (χ3n) is 2.22. The molecule has 0 saturated heterocycles. The minimum absolute atomic E-state index is 0.233. The summed E-state index contributed by atoms with van der Waals surface area (Å²) in [6, 6.07) is 12.1. The number of hydrogen-bond acceptors (Lipinski definition) is 3. The van der Waals surface area contributed by atoms with Crippen LogP contribution >= 0.6 is 0 Å². The van der Waals surface area contributed by atoms with E-state index in [4.69, 9.17) is 14.8 Å². The zero-order chi connectivity index (χ0) is 12.3. The first-order valence-electron chi connectivity index (χ1n) is 5.05. The zero-order valence-corrected chi connectivity index (χ0v) is 8.88. The van der Waals surface area contributed by atoms with Crippen molar-refractivity contribution in [2.45, 2.75) is 0 Å².